The number of phosphoric acid groups is 1. The molecule has 9 heteroatoms. The molecule has 3 unspecified atom stereocenters. The van der Waals surface area contributed by atoms with Gasteiger partial charge >= 0.3 is 0 Å². The summed E-state index contributed by atoms with van der Waals surface area (Å²) in [4.78, 5) is 25.5. The number of phosphoric ester groups is 1. The summed E-state index contributed by atoms with van der Waals surface area (Å²) in [7, 11) is 1.32. The molecule has 0 aromatic rings. The van der Waals surface area contributed by atoms with Gasteiger partial charge in [0.1, 0.15) is 13.2 Å². The SMILES string of the molecule is CCCCCCC/C=C\C/C=C\CCCCCCCCCCCCCCCCCCCC(=O)NC(COP(=O)([O-])OCC[N+](C)(C)C)C(O)CCCCCCCCCCCCCCCCCC. The van der Waals surface area contributed by atoms with Crippen molar-refractivity contribution in [2.45, 2.75) is 302 Å². The van der Waals surface area contributed by atoms with Gasteiger partial charge in [-0.2, -0.15) is 0 Å². The highest BCUT2D eigenvalue weighted by molar-refractivity contribution is 7.45. The summed E-state index contributed by atoms with van der Waals surface area (Å²) >= 11 is 0. The minimum atomic E-state index is -4.57. The van der Waals surface area contributed by atoms with Gasteiger partial charge in [-0.15, -0.1) is 0 Å². The number of aliphatic hydroxyl groups excluding tert-OH is 1. The Morgan fingerprint density at radius 1 is 0.522 bits per heavy atom. The number of rotatable bonds is 54. The second-order valence-electron chi connectivity index (χ2n) is 21.4. The van der Waals surface area contributed by atoms with E-state index in [1.54, 1.807) is 0 Å². The summed E-state index contributed by atoms with van der Waals surface area (Å²) in [6.45, 7) is 4.75. The Hall–Kier alpha value is -1.02. The van der Waals surface area contributed by atoms with E-state index in [0.29, 0.717) is 23.9 Å². The zero-order chi connectivity index (χ0) is 49.2. The lowest BCUT2D eigenvalue weighted by Gasteiger charge is -2.30. The van der Waals surface area contributed by atoms with Crippen molar-refractivity contribution in [2.75, 3.05) is 40.9 Å². The molecule has 0 saturated heterocycles. The maximum absolute atomic E-state index is 13.0. The Labute approximate surface area is 417 Å². The number of quaternary nitrogens is 1. The van der Waals surface area contributed by atoms with Crippen LogP contribution in [0.1, 0.15) is 290 Å². The van der Waals surface area contributed by atoms with Gasteiger partial charge in [-0.1, -0.05) is 263 Å². The molecule has 398 valence electrons. The molecule has 0 aromatic heterocycles. The van der Waals surface area contributed by atoms with E-state index in [2.05, 4.69) is 43.5 Å². The van der Waals surface area contributed by atoms with Crippen LogP contribution in [0.3, 0.4) is 0 Å². The number of hydrogen-bond donors (Lipinski definition) is 2. The van der Waals surface area contributed by atoms with Gasteiger partial charge in [0.2, 0.25) is 5.91 Å². The highest BCUT2D eigenvalue weighted by atomic mass is 31.2. The predicted octanol–water partition coefficient (Wildman–Crippen LogP) is 17.0. The molecule has 0 fully saturated rings. The molecule has 2 N–H and O–H groups in total. The summed E-state index contributed by atoms with van der Waals surface area (Å²) in [5, 5.41) is 14.0. The average Bonchev–Trinajstić information content (AvgIpc) is 3.29. The quantitative estimate of drug-likeness (QED) is 0.0272. The van der Waals surface area contributed by atoms with Crippen LogP contribution in [-0.2, 0) is 18.4 Å². The van der Waals surface area contributed by atoms with Crippen molar-refractivity contribution in [1.82, 2.24) is 5.32 Å². The maximum atomic E-state index is 13.0. The minimum absolute atomic E-state index is 0.0143. The first kappa shape index (κ1) is 66.0. The molecule has 0 radical (unpaired) electrons. The van der Waals surface area contributed by atoms with Crippen LogP contribution in [0, 0.1) is 0 Å². The maximum Gasteiger partial charge on any atom is 0.268 e. The molecule has 3 atom stereocenters. The normalized spacial score (nSPS) is 14.1. The summed E-state index contributed by atoms with van der Waals surface area (Å²) < 4.78 is 23.4. The molecule has 0 aromatic carbocycles. The molecular formula is C58H115N2O6P. The zero-order valence-corrected chi connectivity index (χ0v) is 46.3. The molecule has 0 spiro atoms. The van der Waals surface area contributed by atoms with E-state index in [-0.39, 0.29) is 19.1 Å². The van der Waals surface area contributed by atoms with Crippen molar-refractivity contribution >= 4 is 13.7 Å². The zero-order valence-electron chi connectivity index (χ0n) is 45.4. The third-order valence-electron chi connectivity index (χ3n) is 13.4. The monoisotopic (exact) mass is 967 g/mol. The van der Waals surface area contributed by atoms with Crippen molar-refractivity contribution in [3.63, 3.8) is 0 Å². The lowest BCUT2D eigenvalue weighted by molar-refractivity contribution is -0.870. The number of allylic oxidation sites excluding steroid dienone is 4. The van der Waals surface area contributed by atoms with Gasteiger partial charge in [0.25, 0.3) is 7.82 Å². The van der Waals surface area contributed by atoms with Crippen LogP contribution in [0.15, 0.2) is 24.3 Å². The Balaban J connectivity index is 4.06. The van der Waals surface area contributed by atoms with Crippen LogP contribution < -0.4 is 10.2 Å². The van der Waals surface area contributed by atoms with Crippen LogP contribution >= 0.6 is 7.82 Å². The number of carbonyl (C=O) groups is 1. The van der Waals surface area contributed by atoms with Gasteiger partial charge in [0.05, 0.1) is 39.9 Å². The fraction of sp³-hybridized carbons (Fsp3) is 0.914. The number of nitrogens with one attached hydrogen (secondary N) is 1. The standard InChI is InChI=1S/C58H115N2O6P/c1-6-8-10-12-14-16-18-20-22-24-25-26-27-28-29-30-31-32-33-34-35-36-38-40-42-44-46-48-50-52-58(62)59-56(55-66-67(63,64)65-54-53-60(3,4)5)57(61)51-49-47-45-43-41-39-37-23-21-19-17-15-13-11-9-7-2/h18,20,24-25,56-57,61H,6-17,19,21-23,26-55H2,1-5H3,(H-,59,62,63,64)/b20-18-,25-24-. The van der Waals surface area contributed by atoms with Crippen LogP contribution in [0.2, 0.25) is 0 Å². The van der Waals surface area contributed by atoms with Crippen LogP contribution in [0.25, 0.3) is 0 Å². The second kappa shape index (κ2) is 49.9. The van der Waals surface area contributed by atoms with Gasteiger partial charge in [-0.25, -0.2) is 0 Å². The van der Waals surface area contributed by atoms with Gasteiger partial charge in [0, 0.05) is 6.42 Å². The molecule has 0 aliphatic rings. The van der Waals surface area contributed by atoms with Crippen LogP contribution in [-0.4, -0.2) is 68.5 Å². The summed E-state index contributed by atoms with van der Waals surface area (Å²) in [5.74, 6) is -0.160. The van der Waals surface area contributed by atoms with Crippen molar-refractivity contribution in [1.29, 1.82) is 0 Å². The number of carbonyl (C=O) groups excluding carboxylic acids is 1. The van der Waals surface area contributed by atoms with Crippen molar-refractivity contribution in [3.05, 3.63) is 24.3 Å². The number of amides is 1. The highest BCUT2D eigenvalue weighted by Crippen LogP contribution is 2.38. The van der Waals surface area contributed by atoms with E-state index in [9.17, 15) is 19.4 Å². The van der Waals surface area contributed by atoms with Gasteiger partial charge in [-0.3, -0.25) is 9.36 Å². The van der Waals surface area contributed by atoms with E-state index in [1.165, 1.54) is 218 Å². The predicted molar refractivity (Wildman–Crippen MR) is 289 cm³/mol. The van der Waals surface area contributed by atoms with Crippen molar-refractivity contribution < 1.29 is 32.9 Å². The molecule has 0 aliphatic carbocycles. The summed E-state index contributed by atoms with van der Waals surface area (Å²) in [6.07, 6.45) is 62.1. The third kappa shape index (κ3) is 52.6. The first-order valence-electron chi connectivity index (χ1n) is 29.2. The third-order valence-corrected chi connectivity index (χ3v) is 14.4. The molecule has 0 saturated carbocycles. The molecule has 8 nitrogen and oxygen atoms in total. The van der Waals surface area contributed by atoms with Crippen LogP contribution in [0.4, 0.5) is 0 Å². The van der Waals surface area contributed by atoms with E-state index in [0.717, 1.165) is 44.9 Å². The number of hydrogen-bond acceptors (Lipinski definition) is 6. The summed E-state index contributed by atoms with van der Waals surface area (Å²) in [5.41, 5.74) is 0. The molecule has 0 rings (SSSR count). The lowest BCUT2D eigenvalue weighted by Crippen LogP contribution is -2.46. The number of nitrogens with zero attached hydrogens (tertiary/aromatic N) is 1. The second-order valence-corrected chi connectivity index (χ2v) is 22.8. The average molecular weight is 968 g/mol. The first-order chi connectivity index (χ1) is 32.5. The van der Waals surface area contributed by atoms with E-state index in [4.69, 9.17) is 9.05 Å². The van der Waals surface area contributed by atoms with E-state index >= 15 is 0 Å². The Bertz CT molecular complexity index is 1140. The smallest absolute Gasteiger partial charge is 0.268 e. The van der Waals surface area contributed by atoms with Crippen molar-refractivity contribution in [3.8, 4) is 0 Å². The summed E-state index contributed by atoms with van der Waals surface area (Å²) in [6, 6.07) is -0.798. The largest absolute Gasteiger partial charge is 0.756 e. The highest BCUT2D eigenvalue weighted by Gasteiger charge is 2.24. The minimum Gasteiger partial charge on any atom is -0.756 e. The van der Waals surface area contributed by atoms with E-state index in [1.807, 2.05) is 21.1 Å². The molecule has 1 amide bonds. The van der Waals surface area contributed by atoms with Gasteiger partial charge in [0.15, 0.2) is 0 Å². The number of aliphatic hydroxyl groups is 1. The van der Waals surface area contributed by atoms with Gasteiger partial charge < -0.3 is 28.8 Å². The fourth-order valence-electron chi connectivity index (χ4n) is 8.84. The molecule has 0 aliphatic heterocycles. The first-order valence-corrected chi connectivity index (χ1v) is 30.6. The molecule has 0 bridgehead atoms. The Morgan fingerprint density at radius 3 is 1.24 bits per heavy atom. The Kier molecular flexibility index (Phi) is 49.2. The van der Waals surface area contributed by atoms with Crippen LogP contribution in [0.5, 0.6) is 0 Å². The topological polar surface area (TPSA) is 108 Å². The molecular weight excluding hydrogens is 852 g/mol. The van der Waals surface area contributed by atoms with E-state index < -0.39 is 20.0 Å². The lowest BCUT2D eigenvalue weighted by atomic mass is 10.0. The number of unbranched alkanes of at least 4 members (excludes halogenated alkanes) is 37. The Morgan fingerprint density at radius 2 is 0.866 bits per heavy atom. The van der Waals surface area contributed by atoms with Gasteiger partial charge in [-0.05, 0) is 44.9 Å². The molecule has 67 heavy (non-hydrogen) atoms. The molecule has 0 heterocycles. The fourth-order valence-corrected chi connectivity index (χ4v) is 9.56. The van der Waals surface area contributed by atoms with Crippen molar-refractivity contribution in [2.24, 2.45) is 0 Å². The number of likely N-dealkylation sites (N-methyl/N-ethyl adjacent to an activating group) is 1.